The highest BCUT2D eigenvalue weighted by Gasteiger charge is 2.52. The van der Waals surface area contributed by atoms with E-state index in [1.54, 1.807) is 0 Å². The van der Waals surface area contributed by atoms with Crippen LogP contribution in [0.3, 0.4) is 0 Å². The smallest absolute Gasteiger partial charge is 0.154 e. The van der Waals surface area contributed by atoms with Crippen LogP contribution in [0.4, 0.5) is 0 Å². The number of rotatable bonds is 5. The van der Waals surface area contributed by atoms with Gasteiger partial charge in [0.1, 0.15) is 0 Å². The molecule has 2 aliphatic rings. The molecule has 0 aromatic heterocycles. The highest BCUT2D eigenvalue weighted by Crippen LogP contribution is 2.60. The van der Waals surface area contributed by atoms with Crippen molar-refractivity contribution in [1.82, 2.24) is 0 Å². The van der Waals surface area contributed by atoms with E-state index in [2.05, 4.69) is 27.4 Å². The minimum absolute atomic E-state index is 0.108. The number of hydrogen-bond acceptors (Lipinski definition) is 2. The van der Waals surface area contributed by atoms with Crippen molar-refractivity contribution in [2.24, 2.45) is 22.7 Å². The third kappa shape index (κ3) is 3.37. The van der Waals surface area contributed by atoms with Gasteiger partial charge in [-0.2, -0.15) is 0 Å². The summed E-state index contributed by atoms with van der Waals surface area (Å²) in [6, 6.07) is 0. The first-order valence-corrected chi connectivity index (χ1v) is 8.72. The lowest BCUT2D eigenvalue weighted by atomic mass is 9.48. The molecule has 0 aliphatic heterocycles. The maximum atomic E-state index is 5.99. The summed E-state index contributed by atoms with van der Waals surface area (Å²) in [5.41, 5.74) is 2.20. The molecule has 2 heteroatoms. The number of ether oxygens (including phenoxy) is 2. The summed E-state index contributed by atoms with van der Waals surface area (Å²) < 4.78 is 11.5. The standard InChI is InChI=1S/C19H34O2/c1-7-20-15(3)21-13-16-14(2)9-10-17-18(4,5)11-8-12-19(16,17)6/h15-17H,2,7-13H2,1,3-6H3/t15?,16-,17-,19+/m0/s1. The van der Waals surface area contributed by atoms with E-state index in [9.17, 15) is 0 Å². The van der Waals surface area contributed by atoms with Crippen molar-refractivity contribution in [2.75, 3.05) is 13.2 Å². The Balaban J connectivity index is 2.12. The van der Waals surface area contributed by atoms with Gasteiger partial charge in [0.05, 0.1) is 6.61 Å². The van der Waals surface area contributed by atoms with E-state index in [0.717, 1.165) is 12.5 Å². The van der Waals surface area contributed by atoms with Crippen molar-refractivity contribution in [3.05, 3.63) is 12.2 Å². The molecule has 0 bridgehead atoms. The van der Waals surface area contributed by atoms with Crippen molar-refractivity contribution >= 4 is 0 Å². The van der Waals surface area contributed by atoms with Gasteiger partial charge in [0.25, 0.3) is 0 Å². The summed E-state index contributed by atoms with van der Waals surface area (Å²) in [5, 5.41) is 0. The fourth-order valence-corrected chi connectivity index (χ4v) is 5.10. The maximum Gasteiger partial charge on any atom is 0.154 e. The van der Waals surface area contributed by atoms with Gasteiger partial charge in [-0.25, -0.2) is 0 Å². The topological polar surface area (TPSA) is 18.5 Å². The van der Waals surface area contributed by atoms with Crippen molar-refractivity contribution in [3.63, 3.8) is 0 Å². The zero-order chi connectivity index (χ0) is 15.7. The van der Waals surface area contributed by atoms with E-state index >= 15 is 0 Å². The van der Waals surface area contributed by atoms with Gasteiger partial charge in [0.15, 0.2) is 6.29 Å². The van der Waals surface area contributed by atoms with Gasteiger partial charge in [0, 0.05) is 12.5 Å². The Morgan fingerprint density at radius 1 is 1.24 bits per heavy atom. The Hall–Kier alpha value is -0.340. The van der Waals surface area contributed by atoms with E-state index in [4.69, 9.17) is 9.47 Å². The second kappa shape index (κ2) is 6.42. The highest BCUT2D eigenvalue weighted by molar-refractivity contribution is 5.15. The Bertz CT molecular complexity index is 374. The third-order valence-electron chi connectivity index (χ3n) is 6.22. The lowest BCUT2D eigenvalue weighted by molar-refractivity contribution is -0.155. The van der Waals surface area contributed by atoms with E-state index < -0.39 is 0 Å². The van der Waals surface area contributed by atoms with Crippen LogP contribution < -0.4 is 0 Å². The average molecular weight is 294 g/mol. The molecule has 122 valence electrons. The Morgan fingerprint density at radius 3 is 2.62 bits per heavy atom. The van der Waals surface area contributed by atoms with Crippen LogP contribution in [0.15, 0.2) is 12.2 Å². The summed E-state index contributed by atoms with van der Waals surface area (Å²) >= 11 is 0. The molecule has 0 spiro atoms. The van der Waals surface area contributed by atoms with Crippen LogP contribution in [0.5, 0.6) is 0 Å². The van der Waals surface area contributed by atoms with Crippen LogP contribution in [0, 0.1) is 22.7 Å². The highest BCUT2D eigenvalue weighted by atomic mass is 16.7. The van der Waals surface area contributed by atoms with Crippen LogP contribution >= 0.6 is 0 Å². The predicted octanol–water partition coefficient (Wildman–Crippen LogP) is 5.18. The number of fused-ring (bicyclic) bond motifs is 1. The van der Waals surface area contributed by atoms with Gasteiger partial charge in [0.2, 0.25) is 0 Å². The van der Waals surface area contributed by atoms with Crippen molar-refractivity contribution in [2.45, 2.75) is 73.0 Å². The fourth-order valence-electron chi connectivity index (χ4n) is 5.10. The lowest BCUT2D eigenvalue weighted by Crippen LogP contribution is -2.50. The van der Waals surface area contributed by atoms with E-state index in [-0.39, 0.29) is 6.29 Å². The van der Waals surface area contributed by atoms with Crippen molar-refractivity contribution in [1.29, 1.82) is 0 Å². The zero-order valence-corrected chi connectivity index (χ0v) is 14.7. The molecule has 0 heterocycles. The molecule has 2 aliphatic carbocycles. The molecule has 0 radical (unpaired) electrons. The molecule has 0 saturated heterocycles. The first-order chi connectivity index (χ1) is 9.81. The second-order valence-electron chi connectivity index (χ2n) is 8.01. The summed E-state index contributed by atoms with van der Waals surface area (Å²) in [6.07, 6.45) is 6.38. The lowest BCUT2D eigenvalue weighted by Gasteiger charge is -2.57. The normalized spacial score (nSPS) is 37.1. The average Bonchev–Trinajstić information content (AvgIpc) is 2.37. The molecule has 0 amide bonds. The van der Waals surface area contributed by atoms with Crippen LogP contribution in [-0.2, 0) is 9.47 Å². The van der Waals surface area contributed by atoms with Gasteiger partial charge in [-0.15, -0.1) is 0 Å². The third-order valence-corrected chi connectivity index (χ3v) is 6.22. The Kier molecular flexibility index (Phi) is 5.20. The van der Waals surface area contributed by atoms with E-state index in [0.29, 0.717) is 23.4 Å². The Labute approximate surface area is 131 Å². The zero-order valence-electron chi connectivity index (χ0n) is 14.7. The van der Waals surface area contributed by atoms with Gasteiger partial charge in [-0.1, -0.05) is 39.3 Å². The minimum Gasteiger partial charge on any atom is -0.353 e. The van der Waals surface area contributed by atoms with Crippen molar-refractivity contribution < 1.29 is 9.47 Å². The maximum absolute atomic E-state index is 5.99. The minimum atomic E-state index is -0.108. The first kappa shape index (κ1) is 17.0. The first-order valence-electron chi connectivity index (χ1n) is 8.72. The second-order valence-corrected chi connectivity index (χ2v) is 8.01. The van der Waals surface area contributed by atoms with Gasteiger partial charge in [-0.3, -0.25) is 0 Å². The molecule has 2 rings (SSSR count). The molecule has 4 atom stereocenters. The largest absolute Gasteiger partial charge is 0.353 e. The number of hydrogen-bond donors (Lipinski definition) is 0. The Morgan fingerprint density at radius 2 is 1.95 bits per heavy atom. The summed E-state index contributed by atoms with van der Waals surface area (Å²) in [7, 11) is 0. The van der Waals surface area contributed by atoms with Gasteiger partial charge < -0.3 is 9.47 Å². The van der Waals surface area contributed by atoms with E-state index in [1.165, 1.54) is 37.7 Å². The fraction of sp³-hybridized carbons (Fsp3) is 0.895. The quantitative estimate of drug-likeness (QED) is 0.513. The molecule has 2 fully saturated rings. The molecule has 0 N–H and O–H groups in total. The summed E-state index contributed by atoms with van der Waals surface area (Å²) in [5.74, 6) is 1.28. The van der Waals surface area contributed by atoms with Gasteiger partial charge >= 0.3 is 0 Å². The molecule has 21 heavy (non-hydrogen) atoms. The molecule has 1 unspecified atom stereocenters. The molecular weight excluding hydrogens is 260 g/mol. The van der Waals surface area contributed by atoms with Crippen LogP contribution in [0.1, 0.15) is 66.7 Å². The monoisotopic (exact) mass is 294 g/mol. The van der Waals surface area contributed by atoms with Gasteiger partial charge in [-0.05, 0) is 56.3 Å². The molecule has 0 aromatic rings. The molecule has 0 aromatic carbocycles. The summed E-state index contributed by atoms with van der Waals surface area (Å²) in [4.78, 5) is 0. The molecular formula is C19H34O2. The van der Waals surface area contributed by atoms with Crippen molar-refractivity contribution in [3.8, 4) is 0 Å². The van der Waals surface area contributed by atoms with E-state index in [1.807, 2.05) is 13.8 Å². The van der Waals surface area contributed by atoms with Crippen LogP contribution in [-0.4, -0.2) is 19.5 Å². The molecule has 2 saturated carbocycles. The SMILES string of the molecule is C=C1CC[C@H]2C(C)(C)CCC[C@]2(C)[C@H]1COC(C)OCC. The predicted molar refractivity (Wildman–Crippen MR) is 88.1 cm³/mol. The van der Waals surface area contributed by atoms with Crippen LogP contribution in [0.25, 0.3) is 0 Å². The molecule has 2 nitrogen and oxygen atoms in total. The summed E-state index contributed by atoms with van der Waals surface area (Å²) in [6.45, 7) is 17.3. The van der Waals surface area contributed by atoms with Crippen LogP contribution in [0.2, 0.25) is 0 Å².